The van der Waals surface area contributed by atoms with Crippen molar-refractivity contribution < 1.29 is 4.79 Å². The van der Waals surface area contributed by atoms with Crippen LogP contribution in [0.3, 0.4) is 0 Å². The second-order valence-corrected chi connectivity index (χ2v) is 5.82. The van der Waals surface area contributed by atoms with E-state index in [2.05, 4.69) is 5.32 Å². The van der Waals surface area contributed by atoms with Gasteiger partial charge in [0.25, 0.3) is 0 Å². The van der Waals surface area contributed by atoms with Gasteiger partial charge in [0, 0.05) is 5.02 Å². The summed E-state index contributed by atoms with van der Waals surface area (Å²) in [7, 11) is 0. The highest BCUT2D eigenvalue weighted by molar-refractivity contribution is 8.00. The molecular formula is C12H15ClN2OS. The number of carbonyl (C=O) groups is 1. The van der Waals surface area contributed by atoms with Crippen molar-refractivity contribution in [3.05, 3.63) is 23.2 Å². The molecule has 1 aliphatic rings. The van der Waals surface area contributed by atoms with E-state index in [0.29, 0.717) is 16.4 Å². The Bertz CT molecular complexity index is 419. The molecular weight excluding hydrogens is 256 g/mol. The van der Waals surface area contributed by atoms with Gasteiger partial charge in [-0.25, -0.2) is 0 Å². The number of nitrogens with two attached hydrogens (primary N) is 1. The summed E-state index contributed by atoms with van der Waals surface area (Å²) in [5.74, 6) is 1.09. The number of hydrogen-bond acceptors (Lipinski definition) is 3. The van der Waals surface area contributed by atoms with Gasteiger partial charge in [0.1, 0.15) is 0 Å². The first-order chi connectivity index (χ1) is 8.16. The van der Waals surface area contributed by atoms with Crippen molar-refractivity contribution in [2.24, 2.45) is 0 Å². The van der Waals surface area contributed by atoms with Crippen LogP contribution >= 0.6 is 23.4 Å². The number of rotatable bonds is 2. The molecule has 1 aromatic carbocycles. The smallest absolute Gasteiger partial charge is 0.237 e. The Morgan fingerprint density at radius 1 is 1.47 bits per heavy atom. The third kappa shape index (κ3) is 3.30. The fourth-order valence-corrected chi connectivity index (χ4v) is 3.17. The maximum absolute atomic E-state index is 12.0. The van der Waals surface area contributed by atoms with Crippen LogP contribution in [0.4, 0.5) is 11.4 Å². The van der Waals surface area contributed by atoms with Crippen LogP contribution in [0.1, 0.15) is 19.3 Å². The summed E-state index contributed by atoms with van der Waals surface area (Å²) in [6.45, 7) is 0. The molecule has 0 spiro atoms. The number of benzene rings is 1. The Labute approximate surface area is 110 Å². The van der Waals surface area contributed by atoms with Crippen LogP contribution in [0, 0.1) is 0 Å². The SMILES string of the molecule is Nc1ccc(Cl)cc1NC(=O)C1CCCCS1. The number of anilines is 2. The van der Waals surface area contributed by atoms with E-state index in [1.807, 2.05) is 0 Å². The van der Waals surface area contributed by atoms with E-state index in [9.17, 15) is 4.79 Å². The van der Waals surface area contributed by atoms with Crippen molar-refractivity contribution in [3.8, 4) is 0 Å². The lowest BCUT2D eigenvalue weighted by Crippen LogP contribution is -2.27. The average molecular weight is 271 g/mol. The quantitative estimate of drug-likeness (QED) is 0.812. The topological polar surface area (TPSA) is 55.1 Å². The first-order valence-corrected chi connectivity index (χ1v) is 7.07. The number of nitrogen functional groups attached to an aromatic ring is 1. The highest BCUT2D eigenvalue weighted by atomic mass is 35.5. The predicted molar refractivity (Wildman–Crippen MR) is 74.6 cm³/mol. The zero-order valence-corrected chi connectivity index (χ0v) is 11.0. The Morgan fingerprint density at radius 2 is 2.29 bits per heavy atom. The molecule has 1 atom stereocenters. The minimum Gasteiger partial charge on any atom is -0.397 e. The van der Waals surface area contributed by atoms with Crippen LogP contribution in [0.25, 0.3) is 0 Å². The van der Waals surface area contributed by atoms with Crippen LogP contribution in [0.15, 0.2) is 18.2 Å². The van der Waals surface area contributed by atoms with Gasteiger partial charge in [0.05, 0.1) is 16.6 Å². The number of thioether (sulfide) groups is 1. The fourth-order valence-electron chi connectivity index (χ4n) is 1.80. The standard InChI is InChI=1S/C12H15ClN2OS/c13-8-4-5-9(14)10(7-8)15-12(16)11-3-1-2-6-17-11/h4-5,7,11H,1-3,6,14H2,(H,15,16). The summed E-state index contributed by atoms with van der Waals surface area (Å²) in [5.41, 5.74) is 6.94. The number of nitrogens with one attached hydrogen (secondary N) is 1. The van der Waals surface area contributed by atoms with E-state index in [-0.39, 0.29) is 11.2 Å². The van der Waals surface area contributed by atoms with Crippen molar-refractivity contribution in [1.82, 2.24) is 0 Å². The van der Waals surface area contributed by atoms with Gasteiger partial charge < -0.3 is 11.1 Å². The molecule has 0 saturated carbocycles. The third-order valence-electron chi connectivity index (χ3n) is 2.75. The van der Waals surface area contributed by atoms with Crippen LogP contribution in [-0.2, 0) is 4.79 Å². The average Bonchev–Trinajstić information content (AvgIpc) is 2.35. The van der Waals surface area contributed by atoms with Crippen LogP contribution in [-0.4, -0.2) is 16.9 Å². The molecule has 0 bridgehead atoms. The third-order valence-corrected chi connectivity index (χ3v) is 4.36. The number of halogens is 1. The van der Waals surface area contributed by atoms with Crippen LogP contribution in [0.5, 0.6) is 0 Å². The van der Waals surface area contributed by atoms with Crippen LogP contribution in [0.2, 0.25) is 5.02 Å². The van der Waals surface area contributed by atoms with Gasteiger partial charge in [-0.1, -0.05) is 18.0 Å². The van der Waals surface area contributed by atoms with Gasteiger partial charge in [0.2, 0.25) is 5.91 Å². The van der Waals surface area contributed by atoms with Crippen molar-refractivity contribution in [1.29, 1.82) is 0 Å². The molecule has 1 heterocycles. The maximum Gasteiger partial charge on any atom is 0.237 e. The lowest BCUT2D eigenvalue weighted by molar-refractivity contribution is -0.115. The summed E-state index contributed by atoms with van der Waals surface area (Å²) in [6.07, 6.45) is 3.26. The van der Waals surface area contributed by atoms with E-state index in [0.717, 1.165) is 18.6 Å². The zero-order chi connectivity index (χ0) is 12.3. The largest absolute Gasteiger partial charge is 0.397 e. The highest BCUT2D eigenvalue weighted by Gasteiger charge is 2.22. The molecule has 0 aromatic heterocycles. The van der Waals surface area contributed by atoms with Gasteiger partial charge in [-0.3, -0.25) is 4.79 Å². The lowest BCUT2D eigenvalue weighted by atomic mass is 10.1. The summed E-state index contributed by atoms with van der Waals surface area (Å²) >= 11 is 7.59. The summed E-state index contributed by atoms with van der Waals surface area (Å²) in [4.78, 5) is 12.0. The molecule has 92 valence electrons. The molecule has 3 N–H and O–H groups in total. The zero-order valence-electron chi connectivity index (χ0n) is 9.41. The Hall–Kier alpha value is -0.870. The van der Waals surface area contributed by atoms with E-state index in [4.69, 9.17) is 17.3 Å². The molecule has 1 unspecified atom stereocenters. The molecule has 0 aliphatic carbocycles. The Kier molecular flexibility index (Phi) is 4.18. The lowest BCUT2D eigenvalue weighted by Gasteiger charge is -2.20. The van der Waals surface area contributed by atoms with Gasteiger partial charge in [0.15, 0.2) is 0 Å². The summed E-state index contributed by atoms with van der Waals surface area (Å²) in [5, 5.41) is 3.47. The Balaban J connectivity index is 2.04. The first-order valence-electron chi connectivity index (χ1n) is 5.64. The molecule has 3 nitrogen and oxygen atoms in total. The molecule has 1 saturated heterocycles. The van der Waals surface area contributed by atoms with Gasteiger partial charge >= 0.3 is 0 Å². The monoisotopic (exact) mass is 270 g/mol. The Morgan fingerprint density at radius 3 is 3.00 bits per heavy atom. The normalized spacial score (nSPS) is 19.9. The highest BCUT2D eigenvalue weighted by Crippen LogP contribution is 2.28. The second-order valence-electron chi connectivity index (χ2n) is 4.08. The van der Waals surface area contributed by atoms with Crippen molar-refractivity contribution >= 4 is 40.6 Å². The second kappa shape index (κ2) is 5.65. The van der Waals surface area contributed by atoms with Crippen molar-refractivity contribution in [3.63, 3.8) is 0 Å². The number of amides is 1. The fraction of sp³-hybridized carbons (Fsp3) is 0.417. The maximum atomic E-state index is 12.0. The summed E-state index contributed by atoms with van der Waals surface area (Å²) < 4.78 is 0. The minimum atomic E-state index is 0.0312. The number of hydrogen-bond donors (Lipinski definition) is 2. The van der Waals surface area contributed by atoms with Crippen LogP contribution < -0.4 is 11.1 Å². The van der Waals surface area contributed by atoms with E-state index in [1.165, 1.54) is 6.42 Å². The van der Waals surface area contributed by atoms with E-state index < -0.39 is 0 Å². The van der Waals surface area contributed by atoms with E-state index >= 15 is 0 Å². The molecule has 0 radical (unpaired) electrons. The minimum absolute atomic E-state index is 0.0312. The molecule has 2 rings (SSSR count). The predicted octanol–water partition coefficient (Wildman–Crippen LogP) is 3.15. The van der Waals surface area contributed by atoms with Gasteiger partial charge in [-0.05, 0) is 36.8 Å². The molecule has 1 amide bonds. The molecule has 5 heteroatoms. The first kappa shape index (κ1) is 12.6. The molecule has 1 aromatic rings. The summed E-state index contributed by atoms with van der Waals surface area (Å²) in [6, 6.07) is 5.09. The van der Waals surface area contributed by atoms with E-state index in [1.54, 1.807) is 30.0 Å². The van der Waals surface area contributed by atoms with Crippen molar-refractivity contribution in [2.75, 3.05) is 16.8 Å². The molecule has 1 fully saturated rings. The van der Waals surface area contributed by atoms with Crippen molar-refractivity contribution in [2.45, 2.75) is 24.5 Å². The number of carbonyl (C=O) groups excluding carboxylic acids is 1. The molecule has 17 heavy (non-hydrogen) atoms. The molecule has 1 aliphatic heterocycles. The van der Waals surface area contributed by atoms with Gasteiger partial charge in [-0.2, -0.15) is 0 Å². The van der Waals surface area contributed by atoms with Gasteiger partial charge in [-0.15, -0.1) is 11.8 Å².